The minimum atomic E-state index is -0.348. The van der Waals surface area contributed by atoms with Crippen molar-refractivity contribution in [2.45, 2.75) is 6.92 Å². The fraction of sp³-hybridized carbons (Fsp3) is 0.100. The Morgan fingerprint density at radius 2 is 1.74 bits per heavy atom. The number of hydrogen-bond acceptors (Lipinski definition) is 3. The van der Waals surface area contributed by atoms with Crippen molar-refractivity contribution in [3.8, 4) is 17.2 Å². The maximum Gasteiger partial charge on any atom is 0.337 e. The molecule has 3 aromatic rings. The van der Waals surface area contributed by atoms with Gasteiger partial charge in [0.25, 0.3) is 0 Å². The highest BCUT2D eigenvalue weighted by Gasteiger charge is 2.11. The molecule has 3 nitrogen and oxygen atoms in total. The average molecular weight is 301 g/mol. The summed E-state index contributed by atoms with van der Waals surface area (Å²) in [5.41, 5.74) is 4.36. The molecule has 0 aliphatic carbocycles. The lowest BCUT2D eigenvalue weighted by molar-refractivity contribution is 0.0601. The molecule has 0 aliphatic rings. The maximum atomic E-state index is 11.8. The molecule has 0 atom stereocenters. The summed E-state index contributed by atoms with van der Waals surface area (Å²) in [6.45, 7) is 2.04. The van der Waals surface area contributed by atoms with E-state index in [0.29, 0.717) is 11.1 Å². The normalized spacial score (nSPS) is 10.3. The van der Waals surface area contributed by atoms with E-state index in [4.69, 9.17) is 10.00 Å². The third-order valence-electron chi connectivity index (χ3n) is 3.95. The van der Waals surface area contributed by atoms with Gasteiger partial charge in [-0.25, -0.2) is 4.79 Å². The lowest BCUT2D eigenvalue weighted by Crippen LogP contribution is -2.01. The second-order valence-corrected chi connectivity index (χ2v) is 5.37. The topological polar surface area (TPSA) is 50.1 Å². The Labute approximate surface area is 134 Å². The molecule has 0 amide bonds. The SMILES string of the molecule is COC(=O)c1ccc2ccc(C)c(-c3ccc(C#N)cc3)c2c1. The number of rotatable bonds is 2. The molecule has 0 aliphatic heterocycles. The van der Waals surface area contributed by atoms with Gasteiger partial charge in [-0.1, -0.05) is 30.3 Å². The average Bonchev–Trinajstić information content (AvgIpc) is 2.60. The van der Waals surface area contributed by atoms with Gasteiger partial charge in [-0.2, -0.15) is 5.26 Å². The summed E-state index contributed by atoms with van der Waals surface area (Å²) in [6, 6.07) is 19.3. The van der Waals surface area contributed by atoms with E-state index in [0.717, 1.165) is 27.5 Å². The Kier molecular flexibility index (Phi) is 3.82. The van der Waals surface area contributed by atoms with Crippen LogP contribution in [0.25, 0.3) is 21.9 Å². The summed E-state index contributed by atoms with van der Waals surface area (Å²) < 4.78 is 4.82. The quantitative estimate of drug-likeness (QED) is 0.656. The molecule has 0 spiro atoms. The number of hydrogen-bond donors (Lipinski definition) is 0. The number of ether oxygens (including phenoxy) is 1. The van der Waals surface area contributed by atoms with Crippen LogP contribution in [-0.4, -0.2) is 13.1 Å². The van der Waals surface area contributed by atoms with Crippen molar-refractivity contribution in [2.75, 3.05) is 7.11 Å². The smallest absolute Gasteiger partial charge is 0.337 e. The van der Waals surface area contributed by atoms with E-state index in [1.807, 2.05) is 37.3 Å². The number of benzene rings is 3. The van der Waals surface area contributed by atoms with Crippen LogP contribution in [0.15, 0.2) is 54.6 Å². The number of carbonyl (C=O) groups excluding carboxylic acids is 1. The highest BCUT2D eigenvalue weighted by atomic mass is 16.5. The number of carbonyl (C=O) groups is 1. The fourth-order valence-corrected chi connectivity index (χ4v) is 2.77. The summed E-state index contributed by atoms with van der Waals surface area (Å²) in [7, 11) is 1.38. The second kappa shape index (κ2) is 5.94. The third kappa shape index (κ3) is 2.67. The third-order valence-corrected chi connectivity index (χ3v) is 3.95. The van der Waals surface area contributed by atoms with Crippen molar-refractivity contribution in [1.29, 1.82) is 5.26 Å². The van der Waals surface area contributed by atoms with Crippen molar-refractivity contribution in [1.82, 2.24) is 0 Å². The van der Waals surface area contributed by atoms with Gasteiger partial charge in [0.1, 0.15) is 0 Å². The summed E-state index contributed by atoms with van der Waals surface area (Å²) in [6.07, 6.45) is 0. The van der Waals surface area contributed by atoms with Crippen LogP contribution in [0.5, 0.6) is 0 Å². The number of aryl methyl sites for hydroxylation is 1. The van der Waals surface area contributed by atoms with Crippen molar-refractivity contribution < 1.29 is 9.53 Å². The largest absolute Gasteiger partial charge is 0.465 e. The molecule has 3 heteroatoms. The lowest BCUT2D eigenvalue weighted by Gasteiger charge is -2.12. The van der Waals surface area contributed by atoms with Crippen molar-refractivity contribution in [3.63, 3.8) is 0 Å². The van der Waals surface area contributed by atoms with Crippen LogP contribution in [0, 0.1) is 18.3 Å². The lowest BCUT2D eigenvalue weighted by atomic mass is 9.92. The van der Waals surface area contributed by atoms with Gasteiger partial charge < -0.3 is 4.74 Å². The van der Waals surface area contributed by atoms with E-state index in [2.05, 4.69) is 12.1 Å². The van der Waals surface area contributed by atoms with Crippen LogP contribution < -0.4 is 0 Å². The monoisotopic (exact) mass is 301 g/mol. The molecule has 0 saturated heterocycles. The zero-order valence-electron chi connectivity index (χ0n) is 13.0. The Morgan fingerprint density at radius 1 is 1.04 bits per heavy atom. The van der Waals surface area contributed by atoms with Crippen molar-refractivity contribution >= 4 is 16.7 Å². The number of esters is 1. The fourth-order valence-electron chi connectivity index (χ4n) is 2.77. The molecule has 112 valence electrons. The molecule has 0 saturated carbocycles. The molecule has 0 fully saturated rings. The zero-order valence-corrected chi connectivity index (χ0v) is 13.0. The molecule has 0 unspecified atom stereocenters. The molecule has 0 bridgehead atoms. The minimum absolute atomic E-state index is 0.348. The first-order chi connectivity index (χ1) is 11.1. The van der Waals surface area contributed by atoms with Gasteiger partial charge in [-0.15, -0.1) is 0 Å². The van der Waals surface area contributed by atoms with Gasteiger partial charge >= 0.3 is 5.97 Å². The molecular weight excluding hydrogens is 286 g/mol. The summed E-state index contributed by atoms with van der Waals surface area (Å²) in [5.74, 6) is -0.348. The highest BCUT2D eigenvalue weighted by molar-refractivity contribution is 6.02. The Morgan fingerprint density at radius 3 is 2.39 bits per heavy atom. The molecule has 0 N–H and O–H groups in total. The standard InChI is InChI=1S/C20H15NO2/c1-13-3-6-15-9-10-17(20(22)23-2)11-18(15)19(13)16-7-4-14(12-21)5-8-16/h3-11H,1-2H3. The van der Waals surface area contributed by atoms with Crippen LogP contribution in [0.2, 0.25) is 0 Å². The molecule has 3 rings (SSSR count). The van der Waals surface area contributed by atoms with E-state index in [1.54, 1.807) is 18.2 Å². The van der Waals surface area contributed by atoms with Crippen LogP contribution in [0.4, 0.5) is 0 Å². The Bertz CT molecular complexity index is 934. The summed E-state index contributed by atoms with van der Waals surface area (Å²) >= 11 is 0. The van der Waals surface area contributed by atoms with Crippen LogP contribution >= 0.6 is 0 Å². The van der Waals surface area contributed by atoms with Gasteiger partial charge in [-0.3, -0.25) is 0 Å². The molecule has 23 heavy (non-hydrogen) atoms. The van der Waals surface area contributed by atoms with Crippen LogP contribution in [0.1, 0.15) is 21.5 Å². The summed E-state index contributed by atoms with van der Waals surface area (Å²) in [5, 5.41) is 11.0. The van der Waals surface area contributed by atoms with E-state index < -0.39 is 0 Å². The first kappa shape index (κ1) is 14.8. The number of nitrogens with zero attached hydrogens (tertiary/aromatic N) is 1. The molecule has 3 aromatic carbocycles. The first-order valence-electron chi connectivity index (χ1n) is 7.26. The maximum absolute atomic E-state index is 11.8. The number of nitriles is 1. The summed E-state index contributed by atoms with van der Waals surface area (Å²) in [4.78, 5) is 11.8. The van der Waals surface area contributed by atoms with E-state index >= 15 is 0 Å². The van der Waals surface area contributed by atoms with Gasteiger partial charge in [0.05, 0.1) is 24.3 Å². The van der Waals surface area contributed by atoms with Gasteiger partial charge in [-0.05, 0) is 58.7 Å². The van der Waals surface area contributed by atoms with Crippen molar-refractivity contribution in [2.24, 2.45) is 0 Å². The molecular formula is C20H15NO2. The van der Waals surface area contributed by atoms with E-state index in [1.165, 1.54) is 7.11 Å². The number of fused-ring (bicyclic) bond motifs is 1. The number of methoxy groups -OCH3 is 1. The predicted octanol–water partition coefficient (Wildman–Crippen LogP) is 4.47. The predicted molar refractivity (Wildman–Crippen MR) is 90.2 cm³/mol. The van der Waals surface area contributed by atoms with E-state index in [-0.39, 0.29) is 5.97 Å². The second-order valence-electron chi connectivity index (χ2n) is 5.37. The van der Waals surface area contributed by atoms with Gasteiger partial charge in [0.2, 0.25) is 0 Å². The Hall–Kier alpha value is -3.12. The van der Waals surface area contributed by atoms with E-state index in [9.17, 15) is 4.79 Å². The van der Waals surface area contributed by atoms with Crippen molar-refractivity contribution in [3.05, 3.63) is 71.3 Å². The Balaban J connectivity index is 2.26. The first-order valence-corrected chi connectivity index (χ1v) is 7.26. The van der Waals surface area contributed by atoms with Crippen LogP contribution in [0.3, 0.4) is 0 Å². The molecule has 0 heterocycles. The highest BCUT2D eigenvalue weighted by Crippen LogP contribution is 2.32. The van der Waals surface area contributed by atoms with Gasteiger partial charge in [0.15, 0.2) is 0 Å². The minimum Gasteiger partial charge on any atom is -0.465 e. The zero-order chi connectivity index (χ0) is 16.4. The van der Waals surface area contributed by atoms with Crippen LogP contribution in [-0.2, 0) is 4.74 Å². The van der Waals surface area contributed by atoms with Gasteiger partial charge in [0, 0.05) is 0 Å². The molecule has 0 aromatic heterocycles. The molecule has 0 radical (unpaired) electrons.